The number of thiophene rings is 1. The standard InChI is InChI=1S/C23H21N5O3S2/c1-16-4-2-5-18(12-16)28-23(24-25-26-28)33-15-22(29)27(14-19-6-3-11-32-19)17-7-8-20-21(13-17)31-10-9-30-20/h2-8,11-13H,9-10,14-15H2,1H3. The monoisotopic (exact) mass is 479 g/mol. The van der Waals surface area contributed by atoms with Crippen LogP contribution in [0.4, 0.5) is 5.69 Å². The molecule has 0 fully saturated rings. The van der Waals surface area contributed by atoms with Crippen molar-refractivity contribution in [3.8, 4) is 17.2 Å². The third-order valence-electron chi connectivity index (χ3n) is 5.04. The Morgan fingerprint density at radius 3 is 2.82 bits per heavy atom. The van der Waals surface area contributed by atoms with Crippen molar-refractivity contribution in [2.75, 3.05) is 23.9 Å². The van der Waals surface area contributed by atoms with Crippen molar-refractivity contribution in [1.29, 1.82) is 0 Å². The van der Waals surface area contributed by atoms with E-state index in [1.807, 2.05) is 66.9 Å². The quantitative estimate of drug-likeness (QED) is 0.369. The van der Waals surface area contributed by atoms with Gasteiger partial charge in [-0.15, -0.1) is 16.4 Å². The summed E-state index contributed by atoms with van der Waals surface area (Å²) in [6.07, 6.45) is 0. The lowest BCUT2D eigenvalue weighted by Crippen LogP contribution is -2.32. The van der Waals surface area contributed by atoms with E-state index in [1.165, 1.54) is 11.8 Å². The van der Waals surface area contributed by atoms with E-state index < -0.39 is 0 Å². The number of carbonyl (C=O) groups excluding carboxylic acids is 1. The van der Waals surface area contributed by atoms with Gasteiger partial charge in [0.25, 0.3) is 0 Å². The molecule has 1 aliphatic heterocycles. The molecule has 10 heteroatoms. The van der Waals surface area contributed by atoms with E-state index in [9.17, 15) is 4.79 Å². The molecule has 1 aliphatic rings. The van der Waals surface area contributed by atoms with Gasteiger partial charge < -0.3 is 14.4 Å². The number of amides is 1. The zero-order chi connectivity index (χ0) is 22.6. The molecule has 1 amide bonds. The Morgan fingerprint density at radius 1 is 1.12 bits per heavy atom. The van der Waals surface area contributed by atoms with Crippen LogP contribution in [0, 0.1) is 6.92 Å². The topological polar surface area (TPSA) is 82.4 Å². The van der Waals surface area contributed by atoms with Crippen LogP contribution in [0.15, 0.2) is 65.1 Å². The van der Waals surface area contributed by atoms with Gasteiger partial charge in [-0.25, -0.2) is 0 Å². The van der Waals surface area contributed by atoms with Gasteiger partial charge in [0.05, 0.1) is 18.0 Å². The number of carbonyl (C=O) groups is 1. The molecule has 5 rings (SSSR count). The van der Waals surface area contributed by atoms with Crippen LogP contribution in [-0.2, 0) is 11.3 Å². The van der Waals surface area contributed by atoms with Crippen molar-refractivity contribution in [2.24, 2.45) is 0 Å². The smallest absolute Gasteiger partial charge is 0.237 e. The van der Waals surface area contributed by atoms with Crippen LogP contribution < -0.4 is 14.4 Å². The maximum Gasteiger partial charge on any atom is 0.237 e. The zero-order valence-corrected chi connectivity index (χ0v) is 19.5. The maximum absolute atomic E-state index is 13.4. The number of rotatable bonds is 7. The number of ether oxygens (including phenoxy) is 2. The van der Waals surface area contributed by atoms with E-state index in [2.05, 4.69) is 15.5 Å². The van der Waals surface area contributed by atoms with Gasteiger partial charge in [-0.2, -0.15) is 4.68 Å². The first kappa shape index (κ1) is 21.5. The van der Waals surface area contributed by atoms with Gasteiger partial charge in [-0.1, -0.05) is 30.0 Å². The number of anilines is 1. The summed E-state index contributed by atoms with van der Waals surface area (Å²) >= 11 is 2.93. The van der Waals surface area contributed by atoms with Crippen molar-refractivity contribution >= 4 is 34.7 Å². The Bertz CT molecular complexity index is 1260. The van der Waals surface area contributed by atoms with Gasteiger partial charge in [-0.05, 0) is 58.6 Å². The van der Waals surface area contributed by atoms with E-state index in [1.54, 1.807) is 20.9 Å². The highest BCUT2D eigenvalue weighted by Gasteiger charge is 2.22. The normalized spacial score (nSPS) is 12.5. The fourth-order valence-corrected chi connectivity index (χ4v) is 4.94. The van der Waals surface area contributed by atoms with Gasteiger partial charge in [0.2, 0.25) is 11.1 Å². The molecule has 0 unspecified atom stereocenters. The number of hydrogen-bond acceptors (Lipinski definition) is 8. The number of tetrazole rings is 1. The van der Waals surface area contributed by atoms with Crippen LogP contribution in [0.1, 0.15) is 10.4 Å². The lowest BCUT2D eigenvalue weighted by molar-refractivity contribution is -0.116. The largest absolute Gasteiger partial charge is 0.486 e. The third-order valence-corrected chi connectivity index (χ3v) is 6.81. The van der Waals surface area contributed by atoms with Crippen LogP contribution in [0.3, 0.4) is 0 Å². The van der Waals surface area contributed by atoms with Crippen LogP contribution >= 0.6 is 23.1 Å². The molecule has 0 bridgehead atoms. The second kappa shape index (κ2) is 9.63. The number of aromatic nitrogens is 4. The summed E-state index contributed by atoms with van der Waals surface area (Å²) in [6, 6.07) is 17.5. The molecule has 0 radical (unpaired) electrons. The van der Waals surface area contributed by atoms with E-state index in [0.29, 0.717) is 36.4 Å². The first-order valence-electron chi connectivity index (χ1n) is 10.4. The predicted molar refractivity (Wildman–Crippen MR) is 128 cm³/mol. The molecule has 0 saturated carbocycles. The summed E-state index contributed by atoms with van der Waals surface area (Å²) in [5, 5.41) is 14.6. The molecular weight excluding hydrogens is 458 g/mol. The van der Waals surface area contributed by atoms with Gasteiger partial charge in [0.15, 0.2) is 11.5 Å². The maximum atomic E-state index is 13.4. The second-order valence-corrected chi connectivity index (χ2v) is 9.36. The lowest BCUT2D eigenvalue weighted by atomic mass is 10.2. The fourth-order valence-electron chi connectivity index (χ4n) is 3.48. The average Bonchev–Trinajstić information content (AvgIpc) is 3.53. The zero-order valence-electron chi connectivity index (χ0n) is 17.9. The Labute approximate surface area is 199 Å². The van der Waals surface area contributed by atoms with Crippen molar-refractivity contribution in [3.05, 3.63) is 70.4 Å². The van der Waals surface area contributed by atoms with Crippen molar-refractivity contribution in [2.45, 2.75) is 18.6 Å². The average molecular weight is 480 g/mol. The number of benzene rings is 2. The minimum atomic E-state index is -0.0520. The predicted octanol–water partition coefficient (Wildman–Crippen LogP) is 4.13. The highest BCUT2D eigenvalue weighted by atomic mass is 32.2. The molecule has 2 aromatic heterocycles. The lowest BCUT2D eigenvalue weighted by Gasteiger charge is -2.25. The van der Waals surface area contributed by atoms with E-state index in [-0.39, 0.29) is 11.7 Å². The molecular formula is C23H21N5O3S2. The number of thioether (sulfide) groups is 1. The summed E-state index contributed by atoms with van der Waals surface area (Å²) in [7, 11) is 0. The van der Waals surface area contributed by atoms with Gasteiger partial charge >= 0.3 is 0 Å². The highest BCUT2D eigenvalue weighted by Crippen LogP contribution is 2.35. The first-order chi connectivity index (χ1) is 16.2. The minimum absolute atomic E-state index is 0.0520. The highest BCUT2D eigenvalue weighted by molar-refractivity contribution is 7.99. The minimum Gasteiger partial charge on any atom is -0.486 e. The number of nitrogens with zero attached hydrogens (tertiary/aromatic N) is 5. The molecule has 3 heterocycles. The summed E-state index contributed by atoms with van der Waals surface area (Å²) in [4.78, 5) is 16.2. The molecule has 0 aliphatic carbocycles. The van der Waals surface area contributed by atoms with Crippen molar-refractivity contribution in [1.82, 2.24) is 20.2 Å². The fraction of sp³-hybridized carbons (Fsp3) is 0.217. The molecule has 33 heavy (non-hydrogen) atoms. The SMILES string of the molecule is Cc1cccc(-n2nnnc2SCC(=O)N(Cc2cccs2)c2ccc3c(c2)OCCO3)c1. The molecule has 0 atom stereocenters. The van der Waals surface area contributed by atoms with Crippen molar-refractivity contribution < 1.29 is 14.3 Å². The summed E-state index contributed by atoms with van der Waals surface area (Å²) in [5.41, 5.74) is 2.73. The Kier molecular flexibility index (Phi) is 6.27. The van der Waals surface area contributed by atoms with E-state index in [0.717, 1.165) is 21.8 Å². The molecule has 8 nitrogen and oxygen atoms in total. The van der Waals surface area contributed by atoms with E-state index in [4.69, 9.17) is 9.47 Å². The molecule has 0 spiro atoms. The van der Waals surface area contributed by atoms with Crippen LogP contribution in [0.5, 0.6) is 11.5 Å². The van der Waals surface area contributed by atoms with Crippen LogP contribution in [0.2, 0.25) is 0 Å². The number of fused-ring (bicyclic) bond motifs is 1. The van der Waals surface area contributed by atoms with Crippen molar-refractivity contribution in [3.63, 3.8) is 0 Å². The Morgan fingerprint density at radius 2 is 2.00 bits per heavy atom. The first-order valence-corrected chi connectivity index (χ1v) is 12.2. The number of aryl methyl sites for hydroxylation is 1. The van der Waals surface area contributed by atoms with Crippen LogP contribution in [-0.4, -0.2) is 45.1 Å². The summed E-state index contributed by atoms with van der Waals surface area (Å²) in [6.45, 7) is 3.50. The van der Waals surface area contributed by atoms with Gasteiger partial charge in [0.1, 0.15) is 13.2 Å². The molecule has 168 valence electrons. The van der Waals surface area contributed by atoms with Gasteiger partial charge in [0, 0.05) is 16.6 Å². The van der Waals surface area contributed by atoms with Crippen LogP contribution in [0.25, 0.3) is 5.69 Å². The molecule has 0 saturated heterocycles. The molecule has 0 N–H and O–H groups in total. The molecule has 4 aromatic rings. The second-order valence-electron chi connectivity index (χ2n) is 7.39. The molecule has 2 aromatic carbocycles. The number of hydrogen-bond donors (Lipinski definition) is 0. The Hall–Kier alpha value is -3.37. The van der Waals surface area contributed by atoms with Gasteiger partial charge in [-0.3, -0.25) is 4.79 Å². The summed E-state index contributed by atoms with van der Waals surface area (Å²) < 4.78 is 13.0. The van der Waals surface area contributed by atoms with E-state index >= 15 is 0 Å². The summed E-state index contributed by atoms with van der Waals surface area (Å²) in [5.74, 6) is 1.48. The third kappa shape index (κ3) is 4.86. The Balaban J connectivity index is 1.37.